The zero-order valence-electron chi connectivity index (χ0n) is 20.2. The van der Waals surface area contributed by atoms with Gasteiger partial charge in [-0.1, -0.05) is 36.0 Å². The average Bonchev–Trinajstić information content (AvgIpc) is 2.93. The normalized spacial score (nSPS) is 11.6. The highest BCUT2D eigenvalue weighted by molar-refractivity contribution is 7.99. The molecule has 1 amide bonds. The first-order valence-corrected chi connectivity index (χ1v) is 12.1. The van der Waals surface area contributed by atoms with Gasteiger partial charge in [0.1, 0.15) is 0 Å². The van der Waals surface area contributed by atoms with Crippen LogP contribution < -0.4 is 10.2 Å². The quantitative estimate of drug-likeness (QED) is 0.340. The van der Waals surface area contributed by atoms with Crippen LogP contribution in [0.15, 0.2) is 76.5 Å². The Bertz CT molecular complexity index is 1310. The minimum Gasteiger partial charge on any atom is -0.465 e. The minimum absolute atomic E-state index is 0.0369. The third-order valence-corrected chi connectivity index (χ3v) is 6.69. The molecule has 37 heavy (non-hydrogen) atoms. The van der Waals surface area contributed by atoms with Crippen molar-refractivity contribution in [2.24, 2.45) is 0 Å². The topological polar surface area (TPSA) is 111 Å². The van der Waals surface area contributed by atoms with Gasteiger partial charge in [-0.05, 0) is 42.5 Å². The van der Waals surface area contributed by atoms with Gasteiger partial charge in [0.05, 0.1) is 48.8 Å². The number of hydrogen-bond acceptors (Lipinski definition) is 9. The van der Waals surface area contributed by atoms with Crippen molar-refractivity contribution in [1.29, 1.82) is 0 Å². The maximum atomic E-state index is 12.5. The molecule has 0 aromatic heterocycles. The summed E-state index contributed by atoms with van der Waals surface area (Å²) >= 11 is 1.67. The summed E-state index contributed by atoms with van der Waals surface area (Å²) in [6, 6.07) is 19.9. The van der Waals surface area contributed by atoms with E-state index in [-0.39, 0.29) is 23.2 Å². The Morgan fingerprint density at radius 1 is 0.838 bits per heavy atom. The van der Waals surface area contributed by atoms with Crippen LogP contribution in [0, 0.1) is 0 Å². The van der Waals surface area contributed by atoms with Crippen molar-refractivity contribution in [3.8, 4) is 0 Å². The van der Waals surface area contributed by atoms with Crippen LogP contribution in [0.2, 0.25) is 0 Å². The Morgan fingerprint density at radius 2 is 1.46 bits per heavy atom. The predicted octanol–water partition coefficient (Wildman–Crippen LogP) is 4.43. The molecule has 3 aromatic rings. The van der Waals surface area contributed by atoms with E-state index in [9.17, 15) is 19.2 Å². The van der Waals surface area contributed by atoms with E-state index in [1.807, 2.05) is 48.5 Å². The van der Waals surface area contributed by atoms with Gasteiger partial charge in [-0.3, -0.25) is 9.59 Å². The zero-order chi connectivity index (χ0) is 26.4. The van der Waals surface area contributed by atoms with Gasteiger partial charge in [0, 0.05) is 16.3 Å². The van der Waals surface area contributed by atoms with Crippen LogP contribution in [-0.2, 0) is 23.8 Å². The highest BCUT2D eigenvalue weighted by Crippen LogP contribution is 2.47. The molecule has 10 heteroatoms. The number of ether oxygens (including phenoxy) is 3. The van der Waals surface area contributed by atoms with Crippen molar-refractivity contribution in [3.05, 3.63) is 77.9 Å². The summed E-state index contributed by atoms with van der Waals surface area (Å²) in [6.45, 7) is -0.201. The van der Waals surface area contributed by atoms with Crippen molar-refractivity contribution in [1.82, 2.24) is 0 Å². The lowest BCUT2D eigenvalue weighted by molar-refractivity contribution is -0.147. The van der Waals surface area contributed by atoms with Crippen molar-refractivity contribution in [2.45, 2.75) is 16.2 Å². The van der Waals surface area contributed by atoms with Gasteiger partial charge in [0.15, 0.2) is 6.61 Å². The van der Waals surface area contributed by atoms with Crippen LogP contribution in [0.3, 0.4) is 0 Å². The van der Waals surface area contributed by atoms with E-state index < -0.39 is 30.4 Å². The summed E-state index contributed by atoms with van der Waals surface area (Å²) in [4.78, 5) is 53.1. The Morgan fingerprint density at radius 3 is 2.08 bits per heavy atom. The Balaban J connectivity index is 1.38. The highest BCUT2D eigenvalue weighted by atomic mass is 32.2. The fourth-order valence-corrected chi connectivity index (χ4v) is 4.91. The number of anilines is 3. The van der Waals surface area contributed by atoms with Gasteiger partial charge in [0.25, 0.3) is 5.91 Å². The molecule has 1 heterocycles. The molecule has 0 unspecified atom stereocenters. The summed E-state index contributed by atoms with van der Waals surface area (Å²) in [6.07, 6.45) is 0.0475. The molecular weight excluding hydrogens is 496 g/mol. The largest absolute Gasteiger partial charge is 0.465 e. The molecule has 0 saturated carbocycles. The first-order chi connectivity index (χ1) is 17.9. The fourth-order valence-electron chi connectivity index (χ4n) is 3.81. The minimum atomic E-state index is -0.705. The first kappa shape index (κ1) is 25.8. The van der Waals surface area contributed by atoms with Crippen LogP contribution in [0.4, 0.5) is 17.1 Å². The van der Waals surface area contributed by atoms with E-state index in [0.29, 0.717) is 6.54 Å². The lowest BCUT2D eigenvalue weighted by Gasteiger charge is -2.32. The van der Waals surface area contributed by atoms with Gasteiger partial charge in [-0.2, -0.15) is 0 Å². The number of carbonyl (C=O) groups excluding carboxylic acids is 4. The summed E-state index contributed by atoms with van der Waals surface area (Å²) in [5.74, 6) is -2.58. The SMILES string of the molecule is COC(=O)c1ccc(C(=O)OC)c(NC(=O)COC(=O)CCN2c3ccccc3Sc3ccccc32)c1. The van der Waals surface area contributed by atoms with Crippen molar-refractivity contribution in [2.75, 3.05) is 37.6 Å². The molecule has 0 spiro atoms. The molecule has 1 N–H and O–H groups in total. The second kappa shape index (κ2) is 11.6. The van der Waals surface area contributed by atoms with Crippen molar-refractivity contribution < 1.29 is 33.4 Å². The van der Waals surface area contributed by atoms with Crippen LogP contribution in [0.1, 0.15) is 27.1 Å². The molecule has 0 aliphatic carbocycles. The molecule has 4 rings (SSSR count). The van der Waals surface area contributed by atoms with E-state index in [4.69, 9.17) is 9.47 Å². The molecule has 3 aromatic carbocycles. The highest BCUT2D eigenvalue weighted by Gasteiger charge is 2.24. The smallest absolute Gasteiger partial charge is 0.339 e. The number of rotatable bonds is 8. The predicted molar refractivity (Wildman–Crippen MR) is 137 cm³/mol. The molecule has 0 saturated heterocycles. The molecule has 1 aliphatic rings. The number of nitrogens with one attached hydrogen (secondary N) is 1. The monoisotopic (exact) mass is 520 g/mol. The molecule has 0 atom stereocenters. The van der Waals surface area contributed by atoms with Gasteiger partial charge >= 0.3 is 17.9 Å². The molecule has 0 fully saturated rings. The van der Waals surface area contributed by atoms with Gasteiger partial charge < -0.3 is 24.4 Å². The van der Waals surface area contributed by atoms with Crippen LogP contribution in [-0.4, -0.2) is 51.2 Å². The van der Waals surface area contributed by atoms with E-state index in [1.165, 1.54) is 32.4 Å². The summed E-state index contributed by atoms with van der Waals surface area (Å²) in [7, 11) is 2.41. The molecule has 0 bridgehead atoms. The molecule has 190 valence electrons. The van der Waals surface area contributed by atoms with E-state index >= 15 is 0 Å². The number of esters is 3. The Labute approximate surface area is 217 Å². The van der Waals surface area contributed by atoms with Crippen LogP contribution in [0.25, 0.3) is 0 Å². The number of methoxy groups -OCH3 is 2. The maximum Gasteiger partial charge on any atom is 0.339 e. The third kappa shape index (κ3) is 5.92. The van der Waals surface area contributed by atoms with Crippen LogP contribution in [0.5, 0.6) is 0 Å². The first-order valence-electron chi connectivity index (χ1n) is 11.3. The number of fused-ring (bicyclic) bond motifs is 2. The van der Waals surface area contributed by atoms with E-state index in [1.54, 1.807) is 11.8 Å². The second-order valence-electron chi connectivity index (χ2n) is 7.89. The maximum absolute atomic E-state index is 12.5. The van der Waals surface area contributed by atoms with Crippen LogP contribution >= 0.6 is 11.8 Å². The lowest BCUT2D eigenvalue weighted by atomic mass is 10.1. The summed E-state index contributed by atoms with van der Waals surface area (Å²) < 4.78 is 14.6. The van der Waals surface area contributed by atoms with Crippen molar-refractivity contribution in [3.63, 3.8) is 0 Å². The Kier molecular flexibility index (Phi) is 8.09. The summed E-state index contributed by atoms with van der Waals surface area (Å²) in [5, 5.41) is 2.49. The Hall–Kier alpha value is -4.31. The standard InChI is InChI=1S/C27H24N2O7S/c1-34-26(32)17-11-12-18(27(33)35-2)19(15-17)28-24(30)16-36-25(31)13-14-29-20-7-3-5-9-22(20)37-23-10-6-4-8-21(23)29/h3-12,15H,13-14,16H2,1-2H3,(H,28,30). The summed E-state index contributed by atoms with van der Waals surface area (Å²) in [5.41, 5.74) is 2.20. The number of benzene rings is 3. The van der Waals surface area contributed by atoms with E-state index in [0.717, 1.165) is 21.2 Å². The van der Waals surface area contributed by atoms with Crippen molar-refractivity contribution >= 4 is 52.6 Å². The number of carbonyl (C=O) groups is 4. The molecule has 9 nitrogen and oxygen atoms in total. The van der Waals surface area contributed by atoms with Gasteiger partial charge in [-0.25, -0.2) is 9.59 Å². The number of amides is 1. The third-order valence-electron chi connectivity index (χ3n) is 5.56. The number of hydrogen-bond donors (Lipinski definition) is 1. The lowest BCUT2D eigenvalue weighted by Crippen LogP contribution is -2.26. The van der Waals surface area contributed by atoms with Gasteiger partial charge in [0.2, 0.25) is 0 Å². The fraction of sp³-hybridized carbons (Fsp3) is 0.185. The molecule has 0 radical (unpaired) electrons. The number of para-hydroxylation sites is 2. The second-order valence-corrected chi connectivity index (χ2v) is 8.98. The number of nitrogens with zero attached hydrogens (tertiary/aromatic N) is 1. The average molecular weight is 521 g/mol. The van der Waals surface area contributed by atoms with Gasteiger partial charge in [-0.15, -0.1) is 0 Å². The zero-order valence-corrected chi connectivity index (χ0v) is 21.0. The molecule has 1 aliphatic heterocycles. The molecular formula is C27H24N2O7S. The van der Waals surface area contributed by atoms with E-state index in [2.05, 4.69) is 15.0 Å².